The number of carbonyl (C=O) groups excluding carboxylic acids is 1. The van der Waals surface area contributed by atoms with Gasteiger partial charge in [0.15, 0.2) is 5.65 Å². The number of nitriles is 1. The Labute approximate surface area is 193 Å². The van der Waals surface area contributed by atoms with E-state index in [0.717, 1.165) is 18.5 Å². The van der Waals surface area contributed by atoms with E-state index in [4.69, 9.17) is 16.1 Å². The largest absolute Gasteiger partial charge is 0.666 e. The van der Waals surface area contributed by atoms with Gasteiger partial charge in [0.1, 0.15) is 11.1 Å². The third-order valence-electron chi connectivity index (χ3n) is 6.77. The topological polar surface area (TPSA) is 147 Å². The summed E-state index contributed by atoms with van der Waals surface area (Å²) < 4.78 is 38.6. The molecule has 3 fully saturated rings. The Bertz CT molecular complexity index is 1130. The summed E-state index contributed by atoms with van der Waals surface area (Å²) in [7, 11) is 0. The number of nitrogens with zero attached hydrogens (tertiary/aromatic N) is 4. The molecule has 3 heterocycles. The highest BCUT2D eigenvalue weighted by molar-refractivity contribution is 6.00. The molecule has 2 aromatic rings. The first-order valence-electron chi connectivity index (χ1n) is 11.1. The maximum absolute atomic E-state index is 12.9. The fraction of sp³-hybridized carbons (Fsp3) is 0.591. The lowest BCUT2D eigenvalue weighted by Crippen LogP contribution is -2.48. The van der Waals surface area contributed by atoms with Gasteiger partial charge in [-0.1, -0.05) is 0 Å². The number of fused-ring (bicyclic) bond motifs is 1. The third-order valence-corrected chi connectivity index (χ3v) is 6.77. The van der Waals surface area contributed by atoms with Crippen LogP contribution in [0.5, 0.6) is 0 Å². The van der Waals surface area contributed by atoms with Gasteiger partial charge in [0.05, 0.1) is 23.4 Å². The van der Waals surface area contributed by atoms with Gasteiger partial charge >= 0.3 is 12.1 Å². The number of amides is 1. The molecule has 1 atom stereocenters. The summed E-state index contributed by atoms with van der Waals surface area (Å²) in [6.45, 7) is 0.556. The zero-order valence-electron chi connectivity index (χ0n) is 18.2. The molecule has 3 aliphatic rings. The summed E-state index contributed by atoms with van der Waals surface area (Å²) in [6.07, 6.45) is 1.63. The molecule has 0 spiro atoms. The van der Waals surface area contributed by atoms with Crippen LogP contribution < -0.4 is 0 Å². The van der Waals surface area contributed by atoms with Crippen molar-refractivity contribution in [3.8, 4) is 6.07 Å². The number of aromatic amines is 1. The molecule has 9 nitrogen and oxygen atoms in total. The second kappa shape index (κ2) is 8.87. The average molecular weight is 477 g/mol. The highest BCUT2D eigenvalue weighted by Gasteiger charge is 2.65. The van der Waals surface area contributed by atoms with Crippen LogP contribution in [0.2, 0.25) is 0 Å². The van der Waals surface area contributed by atoms with Gasteiger partial charge in [-0.3, -0.25) is 4.79 Å². The van der Waals surface area contributed by atoms with E-state index in [-0.39, 0.29) is 37.4 Å². The number of aromatic nitrogens is 3. The molecule has 0 bridgehead atoms. The molecule has 182 valence electrons. The normalized spacial score (nSPS) is 20.7. The van der Waals surface area contributed by atoms with Crippen LogP contribution in [0.3, 0.4) is 0 Å². The standard InChI is InChI=1S/C12H15F3N3O.C10H9N3O2/c13-12(14,15)11(3-4-11)9(17)10(19)18-5-1-8(7-16)2-6-18;14-10(15)6-3-11-9-8(6)13-7(4-12-9)5-1-2-5/h8-9,17H,1-6H2;3-5H,1-2H2,(H,11,12)(H,14,15)/q-1;/t9-;/m1./s1. The van der Waals surface area contributed by atoms with E-state index in [9.17, 15) is 22.8 Å². The van der Waals surface area contributed by atoms with Crippen molar-refractivity contribution in [1.82, 2.24) is 19.9 Å². The van der Waals surface area contributed by atoms with Crippen LogP contribution in [0.25, 0.3) is 16.9 Å². The minimum absolute atomic E-state index is 0.134. The van der Waals surface area contributed by atoms with E-state index < -0.39 is 29.5 Å². The highest BCUT2D eigenvalue weighted by Crippen LogP contribution is 2.60. The van der Waals surface area contributed by atoms with Crippen LogP contribution in [0, 0.1) is 22.7 Å². The summed E-state index contributed by atoms with van der Waals surface area (Å²) in [4.78, 5) is 35.5. The fourth-order valence-corrected chi connectivity index (χ4v) is 4.16. The molecule has 2 aromatic heterocycles. The molecule has 5 rings (SSSR count). The van der Waals surface area contributed by atoms with Gasteiger partial charge in [-0.2, -0.15) is 18.4 Å². The predicted molar refractivity (Wildman–Crippen MR) is 114 cm³/mol. The molecule has 0 radical (unpaired) electrons. The number of carbonyl (C=O) groups is 2. The minimum atomic E-state index is -4.49. The number of aromatic carboxylic acids is 1. The van der Waals surface area contributed by atoms with Crippen molar-refractivity contribution < 1.29 is 27.9 Å². The number of rotatable bonds is 4. The van der Waals surface area contributed by atoms with Crippen LogP contribution in [0.1, 0.15) is 60.5 Å². The zero-order chi connectivity index (χ0) is 24.7. The van der Waals surface area contributed by atoms with Gasteiger partial charge in [0, 0.05) is 31.1 Å². The maximum Gasteiger partial charge on any atom is 0.393 e. The van der Waals surface area contributed by atoms with Gasteiger partial charge in [0.2, 0.25) is 5.91 Å². The van der Waals surface area contributed by atoms with Crippen LogP contribution in [0.15, 0.2) is 12.4 Å². The molecular weight excluding hydrogens is 453 g/mol. The van der Waals surface area contributed by atoms with Crippen molar-refractivity contribution >= 4 is 23.0 Å². The molecule has 2 aliphatic carbocycles. The van der Waals surface area contributed by atoms with Gasteiger partial charge in [0.25, 0.3) is 0 Å². The first-order chi connectivity index (χ1) is 16.1. The number of hydrogen-bond donors (Lipinski definition) is 2. The number of carboxylic acid groups (broad SMARTS) is 1. The number of halogens is 3. The van der Waals surface area contributed by atoms with Crippen molar-refractivity contribution in [2.45, 2.75) is 56.7 Å². The Morgan fingerprint density at radius 2 is 1.91 bits per heavy atom. The number of alkyl halides is 3. The number of carboxylic acids is 1. The zero-order valence-corrected chi connectivity index (χ0v) is 18.2. The quantitative estimate of drug-likeness (QED) is 0.679. The van der Waals surface area contributed by atoms with E-state index in [1.807, 2.05) is 0 Å². The predicted octanol–water partition coefficient (Wildman–Crippen LogP) is 4.05. The van der Waals surface area contributed by atoms with Crippen LogP contribution in [-0.4, -0.2) is 62.1 Å². The molecule has 1 saturated heterocycles. The molecule has 3 N–H and O–H groups in total. The SMILES string of the molecule is N#CC1CCN(C(=O)[C@@H]([NH-])C2(C(F)(F)F)CC2)CC1.O=C(O)c1c[nH]c2ncc(C3CC3)nc12. The smallest absolute Gasteiger partial charge is 0.393 e. The van der Waals surface area contributed by atoms with Crippen LogP contribution in [-0.2, 0) is 4.79 Å². The van der Waals surface area contributed by atoms with Gasteiger partial charge in [-0.25, -0.2) is 14.8 Å². The Balaban J connectivity index is 0.000000165. The number of likely N-dealkylation sites (tertiary alicyclic amines) is 1. The van der Waals surface area contributed by atoms with Gasteiger partial charge in [-0.05, 0) is 44.6 Å². The first kappa shape index (κ1) is 23.9. The van der Waals surface area contributed by atoms with E-state index in [1.165, 1.54) is 11.1 Å². The summed E-state index contributed by atoms with van der Waals surface area (Å²) in [5.41, 5.74) is 7.63. The monoisotopic (exact) mass is 477 g/mol. The summed E-state index contributed by atoms with van der Waals surface area (Å²) in [5.74, 6) is -1.36. The second-order valence-electron chi connectivity index (χ2n) is 9.09. The van der Waals surface area contributed by atoms with E-state index >= 15 is 0 Å². The summed E-state index contributed by atoms with van der Waals surface area (Å²) in [6, 6.07) is 0.336. The van der Waals surface area contributed by atoms with Crippen molar-refractivity contribution in [2.24, 2.45) is 11.3 Å². The Kier molecular flexibility index (Phi) is 6.24. The molecule has 0 aromatic carbocycles. The Morgan fingerprint density at radius 3 is 2.41 bits per heavy atom. The number of piperidine rings is 1. The number of H-pyrrole nitrogens is 1. The van der Waals surface area contributed by atoms with Crippen molar-refractivity contribution in [1.29, 1.82) is 5.26 Å². The van der Waals surface area contributed by atoms with Crippen LogP contribution >= 0.6 is 0 Å². The molecule has 2 saturated carbocycles. The van der Waals surface area contributed by atoms with E-state index in [1.54, 1.807) is 6.20 Å². The molecule has 1 aliphatic heterocycles. The van der Waals surface area contributed by atoms with Crippen LogP contribution in [0.4, 0.5) is 13.2 Å². The maximum atomic E-state index is 12.9. The molecule has 1 amide bonds. The molecule has 12 heteroatoms. The fourth-order valence-electron chi connectivity index (χ4n) is 4.16. The number of hydrogen-bond acceptors (Lipinski definition) is 5. The first-order valence-corrected chi connectivity index (χ1v) is 11.1. The summed E-state index contributed by atoms with van der Waals surface area (Å²) in [5, 5.41) is 17.7. The second-order valence-corrected chi connectivity index (χ2v) is 9.09. The lowest BCUT2D eigenvalue weighted by molar-refractivity contribution is -0.193. The van der Waals surface area contributed by atoms with Crippen molar-refractivity contribution in [2.75, 3.05) is 13.1 Å². The van der Waals surface area contributed by atoms with E-state index in [2.05, 4.69) is 21.0 Å². The molecular formula is C22H24F3N6O3-. The van der Waals surface area contributed by atoms with Crippen molar-refractivity contribution in [3.05, 3.63) is 29.4 Å². The van der Waals surface area contributed by atoms with Gasteiger partial charge < -0.3 is 20.7 Å². The lowest BCUT2D eigenvalue weighted by atomic mass is 9.93. The Morgan fingerprint density at radius 1 is 1.26 bits per heavy atom. The summed E-state index contributed by atoms with van der Waals surface area (Å²) >= 11 is 0. The van der Waals surface area contributed by atoms with Gasteiger partial charge in [-0.15, -0.1) is 0 Å². The highest BCUT2D eigenvalue weighted by atomic mass is 19.4. The number of nitrogens with one attached hydrogen (secondary N) is 2. The van der Waals surface area contributed by atoms with Crippen molar-refractivity contribution in [3.63, 3.8) is 0 Å². The average Bonchev–Trinajstić information content (AvgIpc) is 3.74. The third kappa shape index (κ3) is 4.57. The molecule has 34 heavy (non-hydrogen) atoms. The lowest BCUT2D eigenvalue weighted by Gasteiger charge is -2.38. The Hall–Kier alpha value is -3.20. The molecule has 0 unspecified atom stereocenters. The minimum Gasteiger partial charge on any atom is -0.666 e. The van der Waals surface area contributed by atoms with E-state index in [0.29, 0.717) is 29.9 Å².